The van der Waals surface area contributed by atoms with Gasteiger partial charge in [-0.3, -0.25) is 0 Å². The maximum atomic E-state index is 5.67. The lowest BCUT2D eigenvalue weighted by molar-refractivity contribution is 0.579. The second kappa shape index (κ2) is 5.86. The maximum Gasteiger partial charge on any atom is 0.156 e. The third kappa shape index (κ3) is 3.96. The highest BCUT2D eigenvalue weighted by Crippen LogP contribution is 2.21. The van der Waals surface area contributed by atoms with Gasteiger partial charge in [0.25, 0.3) is 0 Å². The van der Waals surface area contributed by atoms with Gasteiger partial charge in [0.2, 0.25) is 0 Å². The third-order valence-electron chi connectivity index (χ3n) is 1.86. The van der Waals surface area contributed by atoms with Gasteiger partial charge in [-0.2, -0.15) is 0 Å². The molecule has 1 aromatic heterocycles. The fraction of sp³-hybridized carbons (Fsp3) is 0.600. The molecule has 1 rings (SSSR count). The number of hydrogen-bond donors (Lipinski definition) is 1. The van der Waals surface area contributed by atoms with Gasteiger partial charge >= 0.3 is 0 Å². The number of nitrogen functional groups attached to an aromatic ring is 1. The minimum absolute atomic E-state index is 0.544. The molecule has 0 aliphatic rings. The van der Waals surface area contributed by atoms with E-state index in [2.05, 4.69) is 23.8 Å². The Morgan fingerprint density at radius 1 is 1.36 bits per heavy atom. The van der Waals surface area contributed by atoms with Gasteiger partial charge in [0.15, 0.2) is 5.82 Å². The van der Waals surface area contributed by atoms with Gasteiger partial charge in [-0.25, -0.2) is 9.97 Å². The van der Waals surface area contributed by atoms with Crippen molar-refractivity contribution < 1.29 is 0 Å². The van der Waals surface area contributed by atoms with E-state index < -0.39 is 0 Å². The van der Waals surface area contributed by atoms with E-state index in [1.807, 2.05) is 0 Å². The smallest absolute Gasteiger partial charge is 0.156 e. The van der Waals surface area contributed by atoms with Crippen LogP contribution in [0.3, 0.4) is 0 Å². The summed E-state index contributed by atoms with van der Waals surface area (Å²) in [5.74, 6) is 2.39. The first-order chi connectivity index (χ1) is 6.70. The molecule has 0 saturated heterocycles. The minimum Gasteiger partial charge on any atom is -0.381 e. The van der Waals surface area contributed by atoms with E-state index >= 15 is 0 Å². The first kappa shape index (κ1) is 11.3. The van der Waals surface area contributed by atoms with Crippen molar-refractivity contribution >= 4 is 17.6 Å². The van der Waals surface area contributed by atoms with Crippen LogP contribution in [0.15, 0.2) is 17.4 Å². The summed E-state index contributed by atoms with van der Waals surface area (Å²) in [5, 5.41) is 0.858. The number of hydrogen-bond acceptors (Lipinski definition) is 4. The first-order valence-corrected chi connectivity index (χ1v) is 5.88. The van der Waals surface area contributed by atoms with Gasteiger partial charge in [-0.15, -0.1) is 11.8 Å². The van der Waals surface area contributed by atoms with E-state index in [9.17, 15) is 0 Å². The Labute approximate surface area is 89.5 Å². The molecule has 0 unspecified atom stereocenters. The standard InChI is InChI=1S/C10H17N3S/c1-8(2)4-3-7-14-10-9(11)12-5-6-13-10/h5-6,8H,3-4,7H2,1-2H3,(H2,11,12). The molecule has 3 nitrogen and oxygen atoms in total. The van der Waals surface area contributed by atoms with Crippen LogP contribution in [0.1, 0.15) is 26.7 Å². The van der Waals surface area contributed by atoms with Gasteiger partial charge in [0.1, 0.15) is 5.03 Å². The molecule has 0 aliphatic heterocycles. The number of rotatable bonds is 5. The van der Waals surface area contributed by atoms with Crippen LogP contribution in [0.2, 0.25) is 0 Å². The SMILES string of the molecule is CC(C)CCCSc1nccnc1N. The summed E-state index contributed by atoms with van der Waals surface area (Å²) in [6.45, 7) is 4.47. The van der Waals surface area contributed by atoms with Gasteiger partial charge < -0.3 is 5.73 Å². The number of nitrogens with zero attached hydrogens (tertiary/aromatic N) is 2. The van der Waals surface area contributed by atoms with E-state index in [-0.39, 0.29) is 0 Å². The van der Waals surface area contributed by atoms with E-state index in [1.54, 1.807) is 24.2 Å². The molecule has 0 aliphatic carbocycles. The van der Waals surface area contributed by atoms with Crippen LogP contribution in [-0.4, -0.2) is 15.7 Å². The predicted octanol–water partition coefficient (Wildman–Crippen LogP) is 2.59. The van der Waals surface area contributed by atoms with Crippen LogP contribution >= 0.6 is 11.8 Å². The van der Waals surface area contributed by atoms with Crippen LogP contribution < -0.4 is 5.73 Å². The molecule has 14 heavy (non-hydrogen) atoms. The zero-order valence-electron chi connectivity index (χ0n) is 8.73. The molecule has 0 amide bonds. The Balaban J connectivity index is 2.28. The van der Waals surface area contributed by atoms with E-state index in [0.717, 1.165) is 16.7 Å². The molecule has 0 bridgehead atoms. The lowest BCUT2D eigenvalue weighted by Gasteiger charge is -2.04. The minimum atomic E-state index is 0.544. The normalized spacial score (nSPS) is 10.8. The Morgan fingerprint density at radius 2 is 2.07 bits per heavy atom. The summed E-state index contributed by atoms with van der Waals surface area (Å²) in [4.78, 5) is 8.16. The van der Waals surface area contributed by atoms with Crippen molar-refractivity contribution in [2.75, 3.05) is 11.5 Å². The molecular weight excluding hydrogens is 194 g/mol. The second-order valence-corrected chi connectivity index (χ2v) is 4.71. The number of thioether (sulfide) groups is 1. The van der Waals surface area contributed by atoms with Gasteiger partial charge in [0.05, 0.1) is 0 Å². The van der Waals surface area contributed by atoms with Crippen molar-refractivity contribution in [1.29, 1.82) is 0 Å². The van der Waals surface area contributed by atoms with Crippen molar-refractivity contribution in [2.45, 2.75) is 31.7 Å². The van der Waals surface area contributed by atoms with Gasteiger partial charge in [0, 0.05) is 12.4 Å². The second-order valence-electron chi connectivity index (χ2n) is 3.63. The largest absolute Gasteiger partial charge is 0.381 e. The number of nitrogens with two attached hydrogens (primary N) is 1. The quantitative estimate of drug-likeness (QED) is 0.601. The van der Waals surface area contributed by atoms with Crippen LogP contribution in [0.5, 0.6) is 0 Å². The highest BCUT2D eigenvalue weighted by atomic mass is 32.2. The van der Waals surface area contributed by atoms with Crippen molar-refractivity contribution in [3.63, 3.8) is 0 Å². The maximum absolute atomic E-state index is 5.67. The van der Waals surface area contributed by atoms with Crippen LogP contribution in [0.25, 0.3) is 0 Å². The van der Waals surface area contributed by atoms with Crippen molar-refractivity contribution in [3.05, 3.63) is 12.4 Å². The number of aromatic nitrogens is 2. The lowest BCUT2D eigenvalue weighted by atomic mass is 10.1. The Kier molecular flexibility index (Phi) is 4.73. The van der Waals surface area contributed by atoms with Crippen molar-refractivity contribution in [3.8, 4) is 0 Å². The molecular formula is C10H17N3S. The molecule has 1 aromatic rings. The highest BCUT2D eigenvalue weighted by Gasteiger charge is 2.01. The third-order valence-corrected chi connectivity index (χ3v) is 2.94. The summed E-state index contributed by atoms with van der Waals surface area (Å²) in [7, 11) is 0. The van der Waals surface area contributed by atoms with E-state index in [0.29, 0.717) is 5.82 Å². The summed E-state index contributed by atoms with van der Waals surface area (Å²) in [6.07, 6.45) is 5.76. The average Bonchev–Trinajstić information content (AvgIpc) is 2.15. The summed E-state index contributed by atoms with van der Waals surface area (Å²) >= 11 is 1.69. The molecule has 0 radical (unpaired) electrons. The van der Waals surface area contributed by atoms with E-state index in [4.69, 9.17) is 5.73 Å². The predicted molar refractivity (Wildman–Crippen MR) is 61.2 cm³/mol. The molecule has 0 saturated carbocycles. The summed E-state index contributed by atoms with van der Waals surface area (Å²) in [5.41, 5.74) is 5.67. The topological polar surface area (TPSA) is 51.8 Å². The molecule has 0 aromatic carbocycles. The average molecular weight is 211 g/mol. The molecule has 0 fully saturated rings. The molecule has 1 heterocycles. The molecule has 0 spiro atoms. The van der Waals surface area contributed by atoms with Crippen LogP contribution in [0.4, 0.5) is 5.82 Å². The summed E-state index contributed by atoms with van der Waals surface area (Å²) < 4.78 is 0. The fourth-order valence-electron chi connectivity index (χ4n) is 1.11. The number of anilines is 1. The Morgan fingerprint density at radius 3 is 2.71 bits per heavy atom. The summed E-state index contributed by atoms with van der Waals surface area (Å²) in [6, 6.07) is 0. The Hall–Kier alpha value is -0.770. The molecule has 4 heteroatoms. The highest BCUT2D eigenvalue weighted by molar-refractivity contribution is 7.99. The van der Waals surface area contributed by atoms with Crippen molar-refractivity contribution in [2.24, 2.45) is 5.92 Å². The molecule has 78 valence electrons. The zero-order valence-corrected chi connectivity index (χ0v) is 9.55. The van der Waals surface area contributed by atoms with Crippen LogP contribution in [-0.2, 0) is 0 Å². The first-order valence-electron chi connectivity index (χ1n) is 4.89. The Bertz CT molecular complexity index is 276. The van der Waals surface area contributed by atoms with E-state index in [1.165, 1.54) is 12.8 Å². The lowest BCUT2D eigenvalue weighted by Crippen LogP contribution is -1.96. The monoisotopic (exact) mass is 211 g/mol. The fourth-order valence-corrected chi connectivity index (χ4v) is 1.95. The molecule has 0 atom stereocenters. The van der Waals surface area contributed by atoms with Crippen molar-refractivity contribution in [1.82, 2.24) is 9.97 Å². The molecule has 2 N–H and O–H groups in total. The van der Waals surface area contributed by atoms with Gasteiger partial charge in [-0.05, 0) is 18.1 Å². The van der Waals surface area contributed by atoms with Gasteiger partial charge in [-0.1, -0.05) is 20.3 Å². The zero-order chi connectivity index (χ0) is 10.4. The van der Waals surface area contributed by atoms with Crippen LogP contribution in [0, 0.1) is 5.92 Å².